The molecule has 10 nitrogen and oxygen atoms in total. The molecule has 36 heavy (non-hydrogen) atoms. The molecule has 2 aromatic rings. The Kier molecular flexibility index (Phi) is 6.55. The Balaban J connectivity index is 1.36. The molecular weight excluding hydrogens is 462 g/mol. The molecule has 1 N–H and O–H groups in total. The minimum absolute atomic E-state index is 0.0823. The maximum atomic E-state index is 13.6. The van der Waals surface area contributed by atoms with E-state index in [1.165, 1.54) is 4.90 Å². The smallest absolute Gasteiger partial charge is 0.328 e. The maximum absolute atomic E-state index is 13.6. The van der Waals surface area contributed by atoms with Gasteiger partial charge in [-0.05, 0) is 23.6 Å². The molecule has 4 unspecified atom stereocenters. The van der Waals surface area contributed by atoms with Crippen LogP contribution >= 0.6 is 0 Å². The average Bonchev–Trinajstić information content (AvgIpc) is 3.28. The topological polar surface area (TPSA) is 94.7 Å². The molecule has 0 aromatic heterocycles. The van der Waals surface area contributed by atoms with Crippen LogP contribution in [0.15, 0.2) is 54.6 Å². The lowest BCUT2D eigenvalue weighted by Crippen LogP contribution is -2.67. The van der Waals surface area contributed by atoms with E-state index in [0.29, 0.717) is 6.54 Å². The first-order valence-electron chi connectivity index (χ1n) is 12.1. The second-order valence-corrected chi connectivity index (χ2v) is 9.52. The monoisotopic (exact) mass is 493 g/mol. The van der Waals surface area contributed by atoms with Gasteiger partial charge in [-0.1, -0.05) is 49.4 Å². The van der Waals surface area contributed by atoms with E-state index in [-0.39, 0.29) is 18.8 Å². The molecule has 3 fully saturated rings. The number of imide groups is 1. The van der Waals surface area contributed by atoms with Gasteiger partial charge in [-0.2, -0.15) is 0 Å². The van der Waals surface area contributed by atoms with Crippen LogP contribution in [-0.2, 0) is 20.9 Å². The van der Waals surface area contributed by atoms with Crippen molar-refractivity contribution in [2.75, 3.05) is 38.7 Å². The number of carbonyl (C=O) groups excluding carboxylic acids is 3. The standard InChI is InChI=1S/C26H31N5O5/c1-17-13-29(19-11-7-8-12-20(19)35-3)25-27-23-22(30(25)14-17)24(33)31(26(34)28(23)2)15-21(32)36-16-18-9-5-4-6-10-18/h4-12,17,22-23,25,27H,13-16H2,1-3H3. The van der Waals surface area contributed by atoms with Gasteiger partial charge < -0.3 is 19.3 Å². The molecule has 0 saturated carbocycles. The van der Waals surface area contributed by atoms with Crippen LogP contribution in [0.2, 0.25) is 0 Å². The zero-order valence-corrected chi connectivity index (χ0v) is 20.7. The number of amides is 3. The van der Waals surface area contributed by atoms with Crippen molar-refractivity contribution in [2.24, 2.45) is 5.92 Å². The number of urea groups is 1. The number of carbonyl (C=O) groups is 3. The van der Waals surface area contributed by atoms with Crippen LogP contribution in [-0.4, -0.2) is 84.9 Å². The molecule has 3 heterocycles. The van der Waals surface area contributed by atoms with Crippen molar-refractivity contribution in [2.45, 2.75) is 32.0 Å². The zero-order valence-electron chi connectivity index (χ0n) is 20.7. The first-order chi connectivity index (χ1) is 17.4. The maximum Gasteiger partial charge on any atom is 0.328 e. The van der Waals surface area contributed by atoms with Crippen molar-refractivity contribution in [3.05, 3.63) is 60.2 Å². The van der Waals surface area contributed by atoms with Crippen LogP contribution in [0, 0.1) is 5.92 Å². The molecule has 10 heteroatoms. The summed E-state index contributed by atoms with van der Waals surface area (Å²) in [6, 6.07) is 15.9. The summed E-state index contributed by atoms with van der Waals surface area (Å²) >= 11 is 0. The number of fused-ring (bicyclic) bond motifs is 3. The van der Waals surface area contributed by atoms with Crippen molar-refractivity contribution in [3.8, 4) is 5.75 Å². The van der Waals surface area contributed by atoms with Crippen LogP contribution in [0.5, 0.6) is 5.75 Å². The third kappa shape index (κ3) is 4.27. The second-order valence-electron chi connectivity index (χ2n) is 9.52. The van der Waals surface area contributed by atoms with Gasteiger partial charge >= 0.3 is 12.0 Å². The fraction of sp³-hybridized carbons (Fsp3) is 0.423. The number of esters is 1. The summed E-state index contributed by atoms with van der Waals surface area (Å²) in [5, 5.41) is 3.48. The van der Waals surface area contributed by atoms with E-state index in [0.717, 1.165) is 28.4 Å². The fourth-order valence-corrected chi connectivity index (χ4v) is 5.33. The number of likely N-dealkylation sites (N-methyl/N-ethyl adjacent to an activating group) is 1. The molecule has 3 aliphatic heterocycles. The number of hydrogen-bond acceptors (Lipinski definition) is 8. The number of methoxy groups -OCH3 is 1. The molecule has 0 aliphatic carbocycles. The molecule has 3 amide bonds. The Morgan fingerprint density at radius 2 is 1.78 bits per heavy atom. The molecule has 4 atom stereocenters. The Morgan fingerprint density at radius 3 is 2.53 bits per heavy atom. The van der Waals surface area contributed by atoms with Gasteiger partial charge in [-0.3, -0.25) is 24.7 Å². The number of nitrogens with zero attached hydrogens (tertiary/aromatic N) is 4. The summed E-state index contributed by atoms with van der Waals surface area (Å²) in [5.74, 6) is -0.0325. The minimum atomic E-state index is -0.627. The molecule has 0 radical (unpaired) electrons. The highest BCUT2D eigenvalue weighted by Gasteiger charge is 2.57. The predicted molar refractivity (Wildman–Crippen MR) is 132 cm³/mol. The van der Waals surface area contributed by atoms with Crippen molar-refractivity contribution in [3.63, 3.8) is 0 Å². The number of rotatable bonds is 6. The summed E-state index contributed by atoms with van der Waals surface area (Å²) in [7, 11) is 3.29. The van der Waals surface area contributed by atoms with Crippen molar-refractivity contribution >= 4 is 23.6 Å². The van der Waals surface area contributed by atoms with Crippen LogP contribution in [0.25, 0.3) is 0 Å². The van der Waals surface area contributed by atoms with Gasteiger partial charge in [0.05, 0.1) is 12.8 Å². The summed E-state index contributed by atoms with van der Waals surface area (Å²) in [6.45, 7) is 3.22. The van der Waals surface area contributed by atoms with Crippen LogP contribution in [0.3, 0.4) is 0 Å². The third-order valence-corrected chi connectivity index (χ3v) is 7.01. The number of hydrogen-bond donors (Lipinski definition) is 1. The van der Waals surface area contributed by atoms with Gasteiger partial charge in [0, 0.05) is 20.1 Å². The first-order valence-corrected chi connectivity index (χ1v) is 12.1. The number of anilines is 1. The van der Waals surface area contributed by atoms with Gasteiger partial charge in [0.1, 0.15) is 37.4 Å². The van der Waals surface area contributed by atoms with E-state index in [9.17, 15) is 14.4 Å². The minimum Gasteiger partial charge on any atom is -0.495 e. The average molecular weight is 494 g/mol. The largest absolute Gasteiger partial charge is 0.495 e. The summed E-state index contributed by atoms with van der Waals surface area (Å²) < 4.78 is 10.9. The Hall–Kier alpha value is -3.63. The first kappa shape index (κ1) is 24.1. The van der Waals surface area contributed by atoms with Gasteiger partial charge in [0.15, 0.2) is 0 Å². The molecule has 0 bridgehead atoms. The number of nitrogens with one attached hydrogen (secondary N) is 1. The lowest BCUT2D eigenvalue weighted by Gasteiger charge is -2.46. The van der Waals surface area contributed by atoms with Crippen LogP contribution in [0.1, 0.15) is 12.5 Å². The fourth-order valence-electron chi connectivity index (χ4n) is 5.33. The quantitative estimate of drug-likeness (QED) is 0.608. The van der Waals surface area contributed by atoms with Crippen molar-refractivity contribution in [1.29, 1.82) is 0 Å². The Bertz CT molecular complexity index is 1140. The lowest BCUT2D eigenvalue weighted by molar-refractivity contribution is -0.152. The van der Waals surface area contributed by atoms with E-state index in [4.69, 9.17) is 9.47 Å². The molecular formula is C26H31N5O5. The predicted octanol–water partition coefficient (Wildman–Crippen LogP) is 1.67. The van der Waals surface area contributed by atoms with Crippen LogP contribution in [0.4, 0.5) is 10.5 Å². The summed E-state index contributed by atoms with van der Waals surface area (Å²) in [6.07, 6.45) is -0.828. The van der Waals surface area contributed by atoms with Crippen LogP contribution < -0.4 is 15.0 Å². The van der Waals surface area contributed by atoms with E-state index in [1.54, 1.807) is 14.2 Å². The van der Waals surface area contributed by atoms with Gasteiger partial charge in [0.2, 0.25) is 0 Å². The normalized spacial score (nSPS) is 26.0. The van der Waals surface area contributed by atoms with E-state index in [1.807, 2.05) is 54.6 Å². The van der Waals surface area contributed by atoms with Crippen molar-refractivity contribution in [1.82, 2.24) is 20.0 Å². The molecule has 3 saturated heterocycles. The Morgan fingerprint density at radius 1 is 1.06 bits per heavy atom. The highest BCUT2D eigenvalue weighted by Crippen LogP contribution is 2.37. The lowest BCUT2D eigenvalue weighted by atomic mass is 10.0. The number of para-hydroxylation sites is 2. The molecule has 2 aromatic carbocycles. The van der Waals surface area contributed by atoms with Gasteiger partial charge in [0.25, 0.3) is 5.91 Å². The number of benzene rings is 2. The SMILES string of the molecule is COc1ccccc1N1CC(C)CN2C3C(=O)N(CC(=O)OCc4ccccc4)C(=O)N(C)C3NC12. The third-order valence-electron chi connectivity index (χ3n) is 7.01. The van der Waals surface area contributed by atoms with Gasteiger partial charge in [-0.25, -0.2) is 4.79 Å². The van der Waals surface area contributed by atoms with E-state index in [2.05, 4.69) is 22.0 Å². The molecule has 0 spiro atoms. The molecule has 190 valence electrons. The molecule has 3 aliphatic rings. The van der Waals surface area contributed by atoms with E-state index >= 15 is 0 Å². The van der Waals surface area contributed by atoms with E-state index < -0.39 is 36.7 Å². The van der Waals surface area contributed by atoms with Crippen molar-refractivity contribution < 1.29 is 23.9 Å². The molecule has 5 rings (SSSR count). The highest BCUT2D eigenvalue weighted by molar-refractivity contribution is 6.02. The summed E-state index contributed by atoms with van der Waals surface area (Å²) in [4.78, 5) is 46.1. The van der Waals surface area contributed by atoms with Gasteiger partial charge in [-0.15, -0.1) is 0 Å². The Labute approximate surface area is 210 Å². The second kappa shape index (κ2) is 9.79. The highest BCUT2D eigenvalue weighted by atomic mass is 16.5. The zero-order chi connectivity index (χ0) is 25.4. The summed E-state index contributed by atoms with van der Waals surface area (Å²) in [5.41, 5.74) is 1.75. The number of ether oxygens (including phenoxy) is 2.